The number of aryl methyl sites for hydroxylation is 2. The van der Waals surface area contributed by atoms with E-state index in [1.165, 1.54) is 24.3 Å². The summed E-state index contributed by atoms with van der Waals surface area (Å²) in [7, 11) is 0. The summed E-state index contributed by atoms with van der Waals surface area (Å²) >= 11 is 0. The van der Waals surface area contributed by atoms with Gasteiger partial charge in [0.05, 0.1) is 10.5 Å². The molecule has 0 spiro atoms. The van der Waals surface area contributed by atoms with Gasteiger partial charge >= 0.3 is 11.7 Å². The second kappa shape index (κ2) is 5.58. The number of nitro benzene ring substituents is 1. The highest BCUT2D eigenvalue weighted by Gasteiger charge is 2.17. The predicted molar refractivity (Wildman–Crippen MR) is 73.8 cm³/mol. The molecule has 2 rings (SSSR count). The van der Waals surface area contributed by atoms with Crippen LogP contribution in [-0.4, -0.2) is 21.0 Å². The summed E-state index contributed by atoms with van der Waals surface area (Å²) in [5.74, 6) is -1.11. The van der Waals surface area contributed by atoms with E-state index in [0.717, 1.165) is 5.56 Å². The molecule has 0 radical (unpaired) electrons. The van der Waals surface area contributed by atoms with Gasteiger partial charge in [-0.2, -0.15) is 0 Å². The van der Waals surface area contributed by atoms with Gasteiger partial charge in [-0.3, -0.25) is 10.1 Å². The quantitative estimate of drug-likeness (QED) is 0.685. The van der Waals surface area contributed by atoms with E-state index in [4.69, 9.17) is 9.84 Å². The number of nitro groups is 1. The van der Waals surface area contributed by atoms with Crippen LogP contribution < -0.4 is 4.74 Å². The van der Waals surface area contributed by atoms with E-state index in [-0.39, 0.29) is 22.9 Å². The molecule has 0 aliphatic rings. The largest absolute Gasteiger partial charge is 0.478 e. The van der Waals surface area contributed by atoms with Gasteiger partial charge in [-0.1, -0.05) is 6.07 Å². The van der Waals surface area contributed by atoms with E-state index in [1.54, 1.807) is 19.9 Å². The number of ether oxygens (including phenoxy) is 1. The highest BCUT2D eigenvalue weighted by atomic mass is 16.6. The van der Waals surface area contributed by atoms with Crippen molar-refractivity contribution in [2.75, 3.05) is 0 Å². The SMILES string of the molecule is Cc1ccc(Oc2cc(C(=O)O)cc(C)n2)c([N+](=O)[O-])c1. The molecule has 0 bridgehead atoms. The minimum Gasteiger partial charge on any atom is -0.478 e. The zero-order chi connectivity index (χ0) is 15.6. The lowest BCUT2D eigenvalue weighted by atomic mass is 10.2. The molecule has 0 fully saturated rings. The Labute approximate surface area is 120 Å². The van der Waals surface area contributed by atoms with Crippen molar-refractivity contribution >= 4 is 11.7 Å². The Kier molecular flexibility index (Phi) is 3.84. The molecule has 0 amide bonds. The first-order valence-electron chi connectivity index (χ1n) is 6.01. The maximum Gasteiger partial charge on any atom is 0.335 e. The summed E-state index contributed by atoms with van der Waals surface area (Å²) in [5, 5.41) is 20.0. The minimum atomic E-state index is -1.12. The molecule has 2 aromatic rings. The molecule has 0 aliphatic heterocycles. The molecule has 1 heterocycles. The third-order valence-corrected chi connectivity index (χ3v) is 2.70. The Balaban J connectivity index is 2.43. The average Bonchev–Trinajstić information content (AvgIpc) is 2.40. The van der Waals surface area contributed by atoms with Crippen LogP contribution in [0.5, 0.6) is 11.6 Å². The second-order valence-corrected chi connectivity index (χ2v) is 4.47. The Morgan fingerprint density at radius 1 is 1.29 bits per heavy atom. The fraction of sp³-hybridized carbons (Fsp3) is 0.143. The molecule has 7 heteroatoms. The highest BCUT2D eigenvalue weighted by molar-refractivity contribution is 5.88. The van der Waals surface area contributed by atoms with Crippen molar-refractivity contribution < 1.29 is 19.6 Å². The van der Waals surface area contributed by atoms with Crippen molar-refractivity contribution in [1.82, 2.24) is 4.98 Å². The Hall–Kier alpha value is -2.96. The van der Waals surface area contributed by atoms with Crippen molar-refractivity contribution in [3.05, 3.63) is 57.3 Å². The lowest BCUT2D eigenvalue weighted by Gasteiger charge is -2.07. The fourth-order valence-electron chi connectivity index (χ4n) is 1.78. The molecule has 0 atom stereocenters. The van der Waals surface area contributed by atoms with Gasteiger partial charge in [0.1, 0.15) is 0 Å². The summed E-state index contributed by atoms with van der Waals surface area (Å²) < 4.78 is 5.38. The standard InChI is InChI=1S/C14H12N2O5/c1-8-3-4-12(11(5-8)16(19)20)21-13-7-10(14(17)18)6-9(2)15-13/h3-7H,1-2H3,(H,17,18). The van der Waals surface area contributed by atoms with Crippen LogP contribution in [0.25, 0.3) is 0 Å². The van der Waals surface area contributed by atoms with Gasteiger partial charge in [-0.15, -0.1) is 0 Å². The van der Waals surface area contributed by atoms with E-state index in [1.807, 2.05) is 0 Å². The van der Waals surface area contributed by atoms with Crippen LogP contribution in [0.1, 0.15) is 21.6 Å². The maximum atomic E-state index is 11.0. The van der Waals surface area contributed by atoms with Crippen LogP contribution in [0.3, 0.4) is 0 Å². The molecule has 0 saturated heterocycles. The smallest absolute Gasteiger partial charge is 0.335 e. The van der Waals surface area contributed by atoms with E-state index in [2.05, 4.69) is 4.98 Å². The van der Waals surface area contributed by atoms with Gasteiger partial charge in [-0.25, -0.2) is 9.78 Å². The number of aromatic nitrogens is 1. The molecule has 1 aromatic heterocycles. The van der Waals surface area contributed by atoms with E-state index < -0.39 is 10.9 Å². The first-order chi connectivity index (χ1) is 9.86. The molecular weight excluding hydrogens is 276 g/mol. The zero-order valence-electron chi connectivity index (χ0n) is 11.4. The van der Waals surface area contributed by atoms with Crippen molar-refractivity contribution in [2.24, 2.45) is 0 Å². The Bertz CT molecular complexity index is 727. The topological polar surface area (TPSA) is 103 Å². The predicted octanol–water partition coefficient (Wildman–Crippen LogP) is 3.10. The molecule has 1 aromatic carbocycles. The number of hydrogen-bond acceptors (Lipinski definition) is 5. The second-order valence-electron chi connectivity index (χ2n) is 4.47. The molecule has 7 nitrogen and oxygen atoms in total. The van der Waals surface area contributed by atoms with Gasteiger partial charge in [0.2, 0.25) is 11.6 Å². The summed E-state index contributed by atoms with van der Waals surface area (Å²) in [6, 6.07) is 7.11. The summed E-state index contributed by atoms with van der Waals surface area (Å²) in [6.45, 7) is 3.34. The van der Waals surface area contributed by atoms with Crippen molar-refractivity contribution in [3.63, 3.8) is 0 Å². The van der Waals surface area contributed by atoms with Crippen LogP contribution in [0.15, 0.2) is 30.3 Å². The molecule has 0 saturated carbocycles. The number of benzene rings is 1. The Morgan fingerprint density at radius 3 is 2.62 bits per heavy atom. The van der Waals surface area contributed by atoms with Crippen LogP contribution in [0.2, 0.25) is 0 Å². The van der Waals surface area contributed by atoms with Crippen molar-refractivity contribution in [1.29, 1.82) is 0 Å². The number of carboxylic acids is 1. The lowest BCUT2D eigenvalue weighted by molar-refractivity contribution is -0.385. The monoisotopic (exact) mass is 288 g/mol. The number of pyridine rings is 1. The van der Waals surface area contributed by atoms with E-state index in [0.29, 0.717) is 5.69 Å². The van der Waals surface area contributed by atoms with E-state index in [9.17, 15) is 14.9 Å². The first-order valence-corrected chi connectivity index (χ1v) is 6.01. The molecular formula is C14H12N2O5. The van der Waals surface area contributed by atoms with Gasteiger partial charge < -0.3 is 9.84 Å². The van der Waals surface area contributed by atoms with Gasteiger partial charge in [-0.05, 0) is 31.5 Å². The normalized spacial score (nSPS) is 10.2. The van der Waals surface area contributed by atoms with Crippen molar-refractivity contribution in [2.45, 2.75) is 13.8 Å². The van der Waals surface area contributed by atoms with Gasteiger partial charge in [0.15, 0.2) is 0 Å². The highest BCUT2D eigenvalue weighted by Crippen LogP contribution is 2.31. The van der Waals surface area contributed by atoms with Crippen LogP contribution in [-0.2, 0) is 0 Å². The van der Waals surface area contributed by atoms with Gasteiger partial charge in [0.25, 0.3) is 0 Å². The lowest BCUT2D eigenvalue weighted by Crippen LogP contribution is -2.01. The molecule has 21 heavy (non-hydrogen) atoms. The number of rotatable bonds is 4. The summed E-state index contributed by atoms with van der Waals surface area (Å²) in [6.07, 6.45) is 0. The van der Waals surface area contributed by atoms with Crippen molar-refractivity contribution in [3.8, 4) is 11.6 Å². The Morgan fingerprint density at radius 2 is 2.00 bits per heavy atom. The molecule has 1 N–H and O–H groups in total. The zero-order valence-corrected chi connectivity index (χ0v) is 11.4. The number of hydrogen-bond donors (Lipinski definition) is 1. The van der Waals surface area contributed by atoms with Gasteiger partial charge in [0, 0.05) is 17.8 Å². The number of carbonyl (C=O) groups is 1. The minimum absolute atomic E-state index is 0.000599. The number of aromatic carboxylic acids is 1. The first kappa shape index (κ1) is 14.4. The molecule has 0 unspecified atom stereocenters. The third-order valence-electron chi connectivity index (χ3n) is 2.70. The third kappa shape index (κ3) is 3.33. The van der Waals surface area contributed by atoms with Crippen LogP contribution in [0.4, 0.5) is 5.69 Å². The molecule has 108 valence electrons. The van der Waals surface area contributed by atoms with Crippen LogP contribution in [0, 0.1) is 24.0 Å². The summed E-state index contributed by atoms with van der Waals surface area (Å²) in [5.41, 5.74) is 0.972. The van der Waals surface area contributed by atoms with Crippen LogP contribution >= 0.6 is 0 Å². The average molecular weight is 288 g/mol. The summed E-state index contributed by atoms with van der Waals surface area (Å²) in [4.78, 5) is 25.5. The number of carboxylic acid groups (broad SMARTS) is 1. The number of nitrogens with zero attached hydrogens (tertiary/aromatic N) is 2. The molecule has 0 aliphatic carbocycles. The maximum absolute atomic E-state index is 11.0. The fourth-order valence-corrected chi connectivity index (χ4v) is 1.78. The van der Waals surface area contributed by atoms with E-state index >= 15 is 0 Å².